The summed E-state index contributed by atoms with van der Waals surface area (Å²) in [7, 11) is 1.99. The molecule has 0 saturated carbocycles. The van der Waals surface area contributed by atoms with Crippen LogP contribution in [0.2, 0.25) is 0 Å². The fourth-order valence-electron chi connectivity index (χ4n) is 2.82. The highest BCUT2D eigenvalue weighted by atomic mass is 15.3. The third-order valence-corrected chi connectivity index (χ3v) is 4.30. The molecule has 1 N–H and O–H groups in total. The molecule has 0 radical (unpaired) electrons. The van der Waals surface area contributed by atoms with Crippen molar-refractivity contribution in [2.45, 2.75) is 91.1 Å². The van der Waals surface area contributed by atoms with Gasteiger partial charge in [0.25, 0.3) is 0 Å². The van der Waals surface area contributed by atoms with Crippen LogP contribution in [0.25, 0.3) is 0 Å². The maximum Gasteiger partial charge on any atom is 0.0537 e. The van der Waals surface area contributed by atoms with Gasteiger partial charge in [-0.25, -0.2) is 0 Å². The fourth-order valence-corrected chi connectivity index (χ4v) is 2.82. The molecular formula is C18H35N3. The minimum absolute atomic E-state index is 0.921. The van der Waals surface area contributed by atoms with Crippen molar-refractivity contribution in [2.75, 3.05) is 7.05 Å². The molecule has 0 aliphatic rings. The third-order valence-electron chi connectivity index (χ3n) is 4.30. The van der Waals surface area contributed by atoms with Crippen LogP contribution >= 0.6 is 0 Å². The largest absolute Gasteiger partial charge is 0.316 e. The van der Waals surface area contributed by atoms with E-state index in [0.717, 1.165) is 13.1 Å². The van der Waals surface area contributed by atoms with Gasteiger partial charge in [0.1, 0.15) is 0 Å². The van der Waals surface area contributed by atoms with Crippen LogP contribution in [0.1, 0.15) is 82.4 Å². The van der Waals surface area contributed by atoms with E-state index in [1.54, 1.807) is 0 Å². The van der Waals surface area contributed by atoms with Crippen molar-refractivity contribution in [3.63, 3.8) is 0 Å². The zero-order chi connectivity index (χ0) is 15.3. The number of aryl methyl sites for hydroxylation is 1. The van der Waals surface area contributed by atoms with E-state index in [4.69, 9.17) is 0 Å². The van der Waals surface area contributed by atoms with Crippen molar-refractivity contribution in [3.8, 4) is 0 Å². The summed E-state index contributed by atoms with van der Waals surface area (Å²) in [6.07, 6.45) is 15.9. The summed E-state index contributed by atoms with van der Waals surface area (Å²) >= 11 is 0. The molecule has 0 atom stereocenters. The van der Waals surface area contributed by atoms with Crippen molar-refractivity contribution in [1.29, 1.82) is 0 Å². The maximum absolute atomic E-state index is 4.49. The molecule has 0 saturated heterocycles. The van der Waals surface area contributed by atoms with Gasteiger partial charge in [-0.05, 0) is 20.4 Å². The van der Waals surface area contributed by atoms with Crippen LogP contribution in [0.4, 0.5) is 0 Å². The van der Waals surface area contributed by atoms with Gasteiger partial charge in [0.2, 0.25) is 0 Å². The van der Waals surface area contributed by atoms with Crippen molar-refractivity contribution >= 4 is 0 Å². The molecule has 1 heterocycles. The normalized spacial score (nSPS) is 11.2. The van der Waals surface area contributed by atoms with E-state index in [9.17, 15) is 0 Å². The lowest BCUT2D eigenvalue weighted by Gasteiger charge is -2.06. The molecule has 0 fully saturated rings. The average molecular weight is 293 g/mol. The SMILES string of the molecule is CCCCCCCCCCCCn1ncc(CNC)c1C. The second-order valence-corrected chi connectivity index (χ2v) is 6.19. The molecule has 3 nitrogen and oxygen atoms in total. The summed E-state index contributed by atoms with van der Waals surface area (Å²) in [5.41, 5.74) is 2.64. The number of hydrogen-bond donors (Lipinski definition) is 1. The summed E-state index contributed by atoms with van der Waals surface area (Å²) in [6, 6.07) is 0. The van der Waals surface area contributed by atoms with Crippen LogP contribution in [0.5, 0.6) is 0 Å². The molecule has 0 unspecified atom stereocenters. The zero-order valence-electron chi connectivity index (χ0n) is 14.5. The Bertz CT molecular complexity index is 357. The van der Waals surface area contributed by atoms with Gasteiger partial charge < -0.3 is 5.32 Å². The van der Waals surface area contributed by atoms with E-state index >= 15 is 0 Å². The first-order valence-corrected chi connectivity index (χ1v) is 8.95. The molecule has 122 valence electrons. The minimum atomic E-state index is 0.921. The molecule has 1 aromatic heterocycles. The quantitative estimate of drug-likeness (QED) is 0.528. The number of nitrogens with one attached hydrogen (secondary N) is 1. The first-order chi connectivity index (χ1) is 10.3. The molecule has 1 rings (SSSR count). The molecule has 3 heteroatoms. The Morgan fingerprint density at radius 2 is 1.52 bits per heavy atom. The second kappa shape index (κ2) is 11.8. The molecule has 21 heavy (non-hydrogen) atoms. The van der Waals surface area contributed by atoms with E-state index in [1.807, 2.05) is 13.2 Å². The summed E-state index contributed by atoms with van der Waals surface area (Å²) < 4.78 is 2.16. The van der Waals surface area contributed by atoms with E-state index in [2.05, 4.69) is 28.9 Å². The van der Waals surface area contributed by atoms with Crippen LogP contribution in [-0.2, 0) is 13.1 Å². The minimum Gasteiger partial charge on any atom is -0.316 e. The monoisotopic (exact) mass is 293 g/mol. The van der Waals surface area contributed by atoms with Crippen molar-refractivity contribution < 1.29 is 0 Å². The standard InChI is InChI=1S/C18H35N3/c1-4-5-6-7-8-9-10-11-12-13-14-21-17(2)18(15-19-3)16-20-21/h16,19H,4-15H2,1-3H3. The summed E-state index contributed by atoms with van der Waals surface area (Å²) in [4.78, 5) is 0. The first-order valence-electron chi connectivity index (χ1n) is 8.95. The Morgan fingerprint density at radius 3 is 2.10 bits per heavy atom. The Balaban J connectivity index is 1.99. The highest BCUT2D eigenvalue weighted by molar-refractivity contribution is 5.15. The van der Waals surface area contributed by atoms with Crippen LogP contribution in [-0.4, -0.2) is 16.8 Å². The van der Waals surface area contributed by atoms with Gasteiger partial charge in [0.15, 0.2) is 0 Å². The van der Waals surface area contributed by atoms with Crippen molar-refractivity contribution in [1.82, 2.24) is 15.1 Å². The maximum atomic E-state index is 4.49. The highest BCUT2D eigenvalue weighted by Gasteiger charge is 2.04. The second-order valence-electron chi connectivity index (χ2n) is 6.19. The van der Waals surface area contributed by atoms with E-state index in [-0.39, 0.29) is 0 Å². The molecule has 0 aliphatic heterocycles. The van der Waals surface area contributed by atoms with Crippen LogP contribution in [0.15, 0.2) is 6.20 Å². The number of rotatable bonds is 13. The van der Waals surface area contributed by atoms with Crippen LogP contribution < -0.4 is 5.32 Å². The lowest BCUT2D eigenvalue weighted by atomic mass is 10.1. The number of hydrogen-bond acceptors (Lipinski definition) is 2. The van der Waals surface area contributed by atoms with Gasteiger partial charge in [0, 0.05) is 24.3 Å². The van der Waals surface area contributed by atoms with Gasteiger partial charge in [-0.15, -0.1) is 0 Å². The Kier molecular flexibility index (Phi) is 10.2. The molecule has 0 amide bonds. The molecular weight excluding hydrogens is 258 g/mol. The smallest absolute Gasteiger partial charge is 0.0537 e. The lowest BCUT2D eigenvalue weighted by molar-refractivity contribution is 0.509. The van der Waals surface area contributed by atoms with Crippen LogP contribution in [0, 0.1) is 6.92 Å². The predicted octanol–water partition coefficient (Wildman–Crippen LogP) is 4.83. The van der Waals surface area contributed by atoms with E-state index in [0.29, 0.717) is 0 Å². The highest BCUT2D eigenvalue weighted by Crippen LogP contribution is 2.12. The number of aromatic nitrogens is 2. The van der Waals surface area contributed by atoms with E-state index in [1.165, 1.54) is 75.5 Å². The van der Waals surface area contributed by atoms with Gasteiger partial charge in [0.05, 0.1) is 6.20 Å². The Hall–Kier alpha value is -0.830. The summed E-state index contributed by atoms with van der Waals surface area (Å²) in [5, 5.41) is 7.68. The summed E-state index contributed by atoms with van der Waals surface area (Å²) in [5.74, 6) is 0. The molecule has 0 aliphatic carbocycles. The van der Waals surface area contributed by atoms with Gasteiger partial charge in [-0.3, -0.25) is 4.68 Å². The number of unbranched alkanes of at least 4 members (excludes halogenated alkanes) is 9. The Morgan fingerprint density at radius 1 is 0.952 bits per heavy atom. The first kappa shape index (κ1) is 18.2. The zero-order valence-corrected chi connectivity index (χ0v) is 14.5. The molecule has 0 aromatic carbocycles. The van der Waals surface area contributed by atoms with Crippen molar-refractivity contribution in [3.05, 3.63) is 17.5 Å². The van der Waals surface area contributed by atoms with Gasteiger partial charge in [-0.2, -0.15) is 5.10 Å². The van der Waals surface area contributed by atoms with Gasteiger partial charge in [-0.1, -0.05) is 64.7 Å². The van der Waals surface area contributed by atoms with Crippen LogP contribution in [0.3, 0.4) is 0 Å². The lowest BCUT2D eigenvalue weighted by Crippen LogP contribution is -2.07. The third kappa shape index (κ3) is 7.66. The van der Waals surface area contributed by atoms with Gasteiger partial charge >= 0.3 is 0 Å². The fraction of sp³-hybridized carbons (Fsp3) is 0.833. The molecule has 0 bridgehead atoms. The predicted molar refractivity (Wildman–Crippen MR) is 91.6 cm³/mol. The molecule has 0 spiro atoms. The summed E-state index contributed by atoms with van der Waals surface area (Å²) in [6.45, 7) is 6.45. The topological polar surface area (TPSA) is 29.9 Å². The Labute approximate surface area is 131 Å². The number of nitrogens with zero attached hydrogens (tertiary/aromatic N) is 2. The average Bonchev–Trinajstić information content (AvgIpc) is 2.83. The van der Waals surface area contributed by atoms with Crippen molar-refractivity contribution in [2.24, 2.45) is 0 Å². The van der Waals surface area contributed by atoms with E-state index < -0.39 is 0 Å². The molecule has 1 aromatic rings.